The first kappa shape index (κ1) is 22.8. The average molecular weight is 447 g/mol. The van der Waals surface area contributed by atoms with E-state index in [1.807, 2.05) is 12.1 Å². The number of halogens is 3. The van der Waals surface area contributed by atoms with Crippen LogP contribution >= 0.6 is 0 Å². The molecule has 1 heterocycles. The van der Waals surface area contributed by atoms with Crippen molar-refractivity contribution in [3.63, 3.8) is 0 Å². The lowest BCUT2D eigenvalue weighted by Gasteiger charge is -2.19. The molecule has 4 nitrogen and oxygen atoms in total. The number of carbonyl (C=O) groups is 1. The van der Waals surface area contributed by atoms with Crippen molar-refractivity contribution in [2.45, 2.75) is 31.4 Å². The third-order valence-corrected chi connectivity index (χ3v) is 6.25. The first-order valence-electron chi connectivity index (χ1n) is 11.3. The number of hydrogen-bond donors (Lipinski definition) is 1. The Morgan fingerprint density at radius 2 is 1.78 bits per heavy atom. The molecule has 1 aliphatic heterocycles. The SMILES string of the molecule is O=C(c1ccc(OCCCN2CCCNCC2)cc1)[C@@H]1C[C@H]1c1ccc(C(F)(F)F)cc1. The fourth-order valence-electron chi connectivity index (χ4n) is 4.31. The monoisotopic (exact) mass is 446 g/mol. The van der Waals surface area contributed by atoms with E-state index in [2.05, 4.69) is 10.2 Å². The van der Waals surface area contributed by atoms with Crippen LogP contribution < -0.4 is 10.1 Å². The Labute approximate surface area is 186 Å². The number of nitrogens with zero attached hydrogens (tertiary/aromatic N) is 1. The van der Waals surface area contributed by atoms with Crippen molar-refractivity contribution < 1.29 is 22.7 Å². The average Bonchev–Trinajstić information content (AvgIpc) is 3.61. The van der Waals surface area contributed by atoms with Crippen molar-refractivity contribution in [3.8, 4) is 5.75 Å². The van der Waals surface area contributed by atoms with Crippen LogP contribution in [0.25, 0.3) is 0 Å². The molecule has 172 valence electrons. The molecule has 1 saturated carbocycles. The summed E-state index contributed by atoms with van der Waals surface area (Å²) in [5.74, 6) is 0.613. The van der Waals surface area contributed by atoms with Gasteiger partial charge in [0.1, 0.15) is 5.75 Å². The quantitative estimate of drug-likeness (QED) is 0.469. The lowest BCUT2D eigenvalue weighted by atomic mass is 10.0. The van der Waals surface area contributed by atoms with E-state index in [1.54, 1.807) is 12.1 Å². The van der Waals surface area contributed by atoms with Crippen LogP contribution in [-0.2, 0) is 6.18 Å². The number of ketones is 1. The Hall–Kier alpha value is -2.38. The zero-order valence-electron chi connectivity index (χ0n) is 18.0. The van der Waals surface area contributed by atoms with Gasteiger partial charge in [-0.1, -0.05) is 12.1 Å². The fraction of sp³-hybridized carbons (Fsp3) is 0.480. The Kier molecular flexibility index (Phi) is 7.16. The maximum absolute atomic E-state index is 12.8. The van der Waals surface area contributed by atoms with Crippen molar-refractivity contribution in [2.24, 2.45) is 5.92 Å². The number of rotatable bonds is 8. The molecule has 2 aliphatic rings. The summed E-state index contributed by atoms with van der Waals surface area (Å²) in [4.78, 5) is 15.2. The maximum atomic E-state index is 12.8. The van der Waals surface area contributed by atoms with E-state index in [0.717, 1.165) is 62.6 Å². The molecule has 4 rings (SSSR count). The van der Waals surface area contributed by atoms with Crippen molar-refractivity contribution in [1.29, 1.82) is 0 Å². The van der Waals surface area contributed by atoms with E-state index in [1.165, 1.54) is 18.6 Å². The number of benzene rings is 2. The third kappa shape index (κ3) is 5.90. The lowest BCUT2D eigenvalue weighted by Crippen LogP contribution is -2.29. The zero-order valence-corrected chi connectivity index (χ0v) is 18.0. The van der Waals surface area contributed by atoms with Crippen LogP contribution in [0, 0.1) is 5.92 Å². The van der Waals surface area contributed by atoms with Crippen LogP contribution in [-0.4, -0.2) is 50.0 Å². The van der Waals surface area contributed by atoms with Gasteiger partial charge in [0.25, 0.3) is 0 Å². The molecule has 0 radical (unpaired) electrons. The lowest BCUT2D eigenvalue weighted by molar-refractivity contribution is -0.137. The maximum Gasteiger partial charge on any atom is 0.416 e. The molecule has 7 heteroatoms. The smallest absolute Gasteiger partial charge is 0.416 e. The topological polar surface area (TPSA) is 41.6 Å². The minimum Gasteiger partial charge on any atom is -0.494 e. The number of hydrogen-bond acceptors (Lipinski definition) is 4. The highest BCUT2D eigenvalue weighted by Gasteiger charge is 2.44. The van der Waals surface area contributed by atoms with Gasteiger partial charge in [0.15, 0.2) is 5.78 Å². The number of nitrogens with one attached hydrogen (secondary N) is 1. The minimum absolute atomic E-state index is 0.00472. The van der Waals surface area contributed by atoms with Gasteiger partial charge in [-0.2, -0.15) is 13.2 Å². The molecule has 32 heavy (non-hydrogen) atoms. The zero-order chi connectivity index (χ0) is 22.6. The van der Waals surface area contributed by atoms with Crippen LogP contribution in [0.4, 0.5) is 13.2 Å². The van der Waals surface area contributed by atoms with Gasteiger partial charge < -0.3 is 15.0 Å². The molecule has 0 bridgehead atoms. The molecule has 0 unspecified atom stereocenters. The molecule has 2 atom stereocenters. The fourth-order valence-corrected chi connectivity index (χ4v) is 4.31. The number of alkyl halides is 3. The van der Waals surface area contributed by atoms with Crippen molar-refractivity contribution in [2.75, 3.05) is 39.3 Å². The van der Waals surface area contributed by atoms with E-state index >= 15 is 0 Å². The molecule has 2 aromatic carbocycles. The first-order valence-corrected chi connectivity index (χ1v) is 11.3. The Bertz CT molecular complexity index is 889. The van der Waals surface area contributed by atoms with E-state index in [0.29, 0.717) is 18.6 Å². The minimum atomic E-state index is -4.34. The number of Topliss-reactive ketones (excluding diaryl/α,β-unsaturated/α-hetero) is 1. The Morgan fingerprint density at radius 1 is 1.03 bits per heavy atom. The van der Waals surface area contributed by atoms with Crippen LogP contribution in [0.2, 0.25) is 0 Å². The summed E-state index contributed by atoms with van der Waals surface area (Å²) in [7, 11) is 0. The van der Waals surface area contributed by atoms with E-state index in [4.69, 9.17) is 4.74 Å². The van der Waals surface area contributed by atoms with Gasteiger partial charge in [0.05, 0.1) is 12.2 Å². The molecule has 1 aliphatic carbocycles. The molecule has 0 aromatic heterocycles. The molecule has 0 amide bonds. The van der Waals surface area contributed by atoms with Crippen LogP contribution in [0.5, 0.6) is 5.75 Å². The van der Waals surface area contributed by atoms with E-state index in [9.17, 15) is 18.0 Å². The molecular weight excluding hydrogens is 417 g/mol. The molecule has 2 fully saturated rings. The summed E-state index contributed by atoms with van der Waals surface area (Å²) in [5, 5.41) is 3.40. The predicted octanol–water partition coefficient (Wildman–Crippen LogP) is 4.76. The van der Waals surface area contributed by atoms with Gasteiger partial charge in [-0.15, -0.1) is 0 Å². The van der Waals surface area contributed by atoms with Crippen molar-refractivity contribution in [1.82, 2.24) is 10.2 Å². The van der Waals surface area contributed by atoms with E-state index in [-0.39, 0.29) is 17.6 Å². The van der Waals surface area contributed by atoms with Crippen molar-refractivity contribution >= 4 is 5.78 Å². The second kappa shape index (κ2) is 10.0. The Balaban J connectivity index is 1.23. The molecule has 1 saturated heterocycles. The summed E-state index contributed by atoms with van der Waals surface area (Å²) < 4.78 is 44.0. The van der Waals surface area contributed by atoms with Gasteiger partial charge in [-0.3, -0.25) is 4.79 Å². The first-order chi connectivity index (χ1) is 15.4. The highest BCUT2D eigenvalue weighted by atomic mass is 19.4. The number of carbonyl (C=O) groups excluding carboxylic acids is 1. The largest absolute Gasteiger partial charge is 0.494 e. The van der Waals surface area contributed by atoms with Gasteiger partial charge in [0.2, 0.25) is 0 Å². The van der Waals surface area contributed by atoms with Gasteiger partial charge in [-0.25, -0.2) is 0 Å². The van der Waals surface area contributed by atoms with Gasteiger partial charge in [-0.05, 0) is 80.2 Å². The summed E-state index contributed by atoms with van der Waals surface area (Å²) in [5.41, 5.74) is 0.745. The van der Waals surface area contributed by atoms with Crippen LogP contribution in [0.15, 0.2) is 48.5 Å². The molecule has 2 aromatic rings. The van der Waals surface area contributed by atoms with Crippen molar-refractivity contribution in [3.05, 3.63) is 65.2 Å². The Morgan fingerprint density at radius 3 is 2.50 bits per heavy atom. The highest BCUT2D eigenvalue weighted by molar-refractivity contribution is 6.00. The van der Waals surface area contributed by atoms with Crippen LogP contribution in [0.1, 0.15) is 46.7 Å². The van der Waals surface area contributed by atoms with Gasteiger partial charge in [0, 0.05) is 31.1 Å². The molecular formula is C25H29F3N2O2. The van der Waals surface area contributed by atoms with E-state index < -0.39 is 11.7 Å². The second-order valence-electron chi connectivity index (χ2n) is 8.60. The summed E-state index contributed by atoms with van der Waals surface area (Å²) >= 11 is 0. The normalized spacial score (nSPS) is 21.7. The highest BCUT2D eigenvalue weighted by Crippen LogP contribution is 2.49. The molecule has 1 N–H and O–H groups in total. The predicted molar refractivity (Wildman–Crippen MR) is 117 cm³/mol. The number of ether oxygens (including phenoxy) is 1. The summed E-state index contributed by atoms with van der Waals surface area (Å²) in [6, 6.07) is 12.3. The van der Waals surface area contributed by atoms with Gasteiger partial charge >= 0.3 is 6.18 Å². The second-order valence-corrected chi connectivity index (χ2v) is 8.60. The summed E-state index contributed by atoms with van der Waals surface area (Å²) in [6.45, 7) is 5.98. The molecule has 0 spiro atoms. The summed E-state index contributed by atoms with van der Waals surface area (Å²) in [6.07, 6.45) is -1.53. The standard InChI is InChI=1S/C25H29F3N2O2/c26-25(27,28)20-7-3-18(4-8-20)22-17-23(22)24(31)19-5-9-21(10-6-19)32-16-2-14-30-13-1-11-29-12-15-30/h3-10,22-23,29H,1-2,11-17H2/t22-,23+/m0/s1. The third-order valence-electron chi connectivity index (χ3n) is 6.25. The van der Waals surface area contributed by atoms with Crippen LogP contribution in [0.3, 0.4) is 0 Å².